The lowest BCUT2D eigenvalue weighted by molar-refractivity contribution is -0.0451. The second-order valence-corrected chi connectivity index (χ2v) is 18.0. The maximum Gasteiger partial charge on any atom is 0.264 e. The molecule has 4 aliphatic heterocycles. The number of nitrogens with zero attached hydrogens (tertiary/aromatic N) is 2. The third-order valence-corrected chi connectivity index (χ3v) is 14.5. The van der Waals surface area contributed by atoms with Crippen molar-refractivity contribution in [2.24, 2.45) is 29.6 Å². The molecule has 1 amide bonds. The molecule has 2 fully saturated rings. The maximum atomic E-state index is 15.6. The van der Waals surface area contributed by atoms with Crippen molar-refractivity contribution in [3.63, 3.8) is 0 Å². The van der Waals surface area contributed by atoms with E-state index in [1.54, 1.807) is 31.2 Å². The number of nitrogens with one attached hydrogen (secondary N) is 1. The topological polar surface area (TPSA) is 88.2 Å². The first-order valence-electron chi connectivity index (χ1n) is 18.5. The number of anilines is 1. The molecule has 0 radical (unpaired) electrons. The van der Waals surface area contributed by atoms with E-state index in [0.717, 1.165) is 70.2 Å². The standard InChI is InChI=1S/C39H51ClFN3O5S/c1-24-25(2)50(46,47)42-39(45)27-9-12-36-35(20-27)44(21-28-8-11-34(40)37(41)32(28)6-4-5-17-48-36)22-29-7-10-33(29)38(31-18-30(24)19-31)49-23-26-13-15-43(3)16-14-26/h8-9,11-12,18,20,24-26,29-30,33,38H,4-7,10,13-17,19,21-23H2,1-3H3,(H,42,45)/t24-,25-,29+,30+,33-,38+/m1/s1. The van der Waals surface area contributed by atoms with Gasteiger partial charge in [-0.05, 0) is 149 Å². The number of carbonyl (C=O) groups excluding carboxylic acids is 1. The average molecular weight is 728 g/mol. The van der Waals surface area contributed by atoms with Crippen molar-refractivity contribution in [3.8, 4) is 5.75 Å². The van der Waals surface area contributed by atoms with E-state index in [0.29, 0.717) is 60.9 Å². The lowest BCUT2D eigenvalue weighted by Gasteiger charge is -2.48. The first kappa shape index (κ1) is 35.7. The van der Waals surface area contributed by atoms with E-state index in [9.17, 15) is 13.2 Å². The highest BCUT2D eigenvalue weighted by Crippen LogP contribution is 2.48. The summed E-state index contributed by atoms with van der Waals surface area (Å²) in [6.45, 7) is 8.05. The molecule has 4 heterocycles. The molecule has 1 saturated carbocycles. The van der Waals surface area contributed by atoms with Crippen molar-refractivity contribution >= 4 is 33.2 Å². The number of allylic oxidation sites excluding steroid dienone is 1. The van der Waals surface area contributed by atoms with E-state index in [1.807, 2.05) is 13.0 Å². The zero-order valence-electron chi connectivity index (χ0n) is 29.5. The number of benzene rings is 2. The Kier molecular flexibility index (Phi) is 10.5. The van der Waals surface area contributed by atoms with Gasteiger partial charge in [0.25, 0.3) is 5.91 Å². The zero-order chi connectivity index (χ0) is 35.2. The van der Waals surface area contributed by atoms with Gasteiger partial charge < -0.3 is 19.3 Å². The van der Waals surface area contributed by atoms with Crippen LogP contribution >= 0.6 is 11.6 Å². The van der Waals surface area contributed by atoms with Crippen LogP contribution < -0.4 is 14.4 Å². The van der Waals surface area contributed by atoms with E-state index >= 15 is 4.39 Å². The minimum atomic E-state index is -3.97. The highest BCUT2D eigenvalue weighted by molar-refractivity contribution is 7.90. The Morgan fingerprint density at radius 3 is 2.60 bits per heavy atom. The number of hydrogen-bond acceptors (Lipinski definition) is 7. The number of likely N-dealkylation sites (tertiary alicyclic amines) is 1. The van der Waals surface area contributed by atoms with Gasteiger partial charge in [0.15, 0.2) is 0 Å². The van der Waals surface area contributed by atoms with Crippen molar-refractivity contribution < 1.29 is 27.1 Å². The molecule has 4 bridgehead atoms. The number of amides is 1. The normalized spacial score (nSPS) is 30.6. The van der Waals surface area contributed by atoms with Crippen LogP contribution in [0.4, 0.5) is 10.1 Å². The fraction of sp³-hybridized carbons (Fsp3) is 0.615. The second-order valence-electron chi connectivity index (χ2n) is 15.5. The number of piperidine rings is 1. The highest BCUT2D eigenvalue weighted by atomic mass is 35.5. The fourth-order valence-corrected chi connectivity index (χ4v) is 10.1. The first-order valence-corrected chi connectivity index (χ1v) is 20.4. The van der Waals surface area contributed by atoms with Gasteiger partial charge in [0.2, 0.25) is 10.0 Å². The molecular weight excluding hydrogens is 677 g/mol. The molecule has 2 aromatic rings. The number of fused-ring (bicyclic) bond motifs is 5. The monoisotopic (exact) mass is 727 g/mol. The summed E-state index contributed by atoms with van der Waals surface area (Å²) >= 11 is 6.29. The molecule has 0 unspecified atom stereocenters. The van der Waals surface area contributed by atoms with Gasteiger partial charge in [-0.25, -0.2) is 17.5 Å². The van der Waals surface area contributed by atoms with Crippen LogP contribution in [0.1, 0.15) is 80.3 Å². The predicted molar refractivity (Wildman–Crippen MR) is 195 cm³/mol. The molecule has 272 valence electrons. The summed E-state index contributed by atoms with van der Waals surface area (Å²) in [5.74, 6) is 0.637. The van der Waals surface area contributed by atoms with Crippen LogP contribution in [0.3, 0.4) is 0 Å². The van der Waals surface area contributed by atoms with Crippen LogP contribution in [0.2, 0.25) is 5.02 Å². The molecular formula is C39H51ClFN3O5S. The molecule has 11 heteroatoms. The Morgan fingerprint density at radius 1 is 1.08 bits per heavy atom. The minimum absolute atomic E-state index is 0.0223. The quantitative estimate of drug-likeness (QED) is 0.341. The van der Waals surface area contributed by atoms with Gasteiger partial charge >= 0.3 is 0 Å². The smallest absolute Gasteiger partial charge is 0.264 e. The molecule has 6 aliphatic rings. The van der Waals surface area contributed by atoms with E-state index in [4.69, 9.17) is 21.1 Å². The Bertz CT molecular complexity index is 1730. The first-order chi connectivity index (χ1) is 24.0. The number of ether oxygens (including phenoxy) is 2. The fourth-order valence-electron chi connectivity index (χ4n) is 8.57. The largest absolute Gasteiger partial charge is 0.491 e. The molecule has 2 aromatic carbocycles. The number of hydrogen-bond donors (Lipinski definition) is 1. The Labute approximate surface area is 301 Å². The van der Waals surface area contributed by atoms with Crippen molar-refractivity contribution in [3.05, 3.63) is 69.5 Å². The third kappa shape index (κ3) is 7.32. The molecule has 1 saturated heterocycles. The Hall–Kier alpha value is -2.66. The van der Waals surface area contributed by atoms with Gasteiger partial charge in [0, 0.05) is 18.7 Å². The lowest BCUT2D eigenvalue weighted by atomic mass is 9.64. The van der Waals surface area contributed by atoms with Gasteiger partial charge in [0.1, 0.15) is 11.6 Å². The van der Waals surface area contributed by atoms with E-state index in [-0.39, 0.29) is 34.3 Å². The molecule has 2 aliphatic carbocycles. The van der Waals surface area contributed by atoms with Crippen LogP contribution in [-0.4, -0.2) is 70.5 Å². The number of rotatable bonds is 3. The van der Waals surface area contributed by atoms with Crippen LogP contribution in [0.25, 0.3) is 0 Å². The summed E-state index contributed by atoms with van der Waals surface area (Å²) in [4.78, 5) is 18.2. The van der Waals surface area contributed by atoms with E-state index in [1.165, 1.54) is 5.57 Å². The lowest BCUT2D eigenvalue weighted by Crippen LogP contribution is -2.48. The molecule has 8 rings (SSSR count). The average Bonchev–Trinajstić information content (AvgIpc) is 3.09. The molecule has 0 spiro atoms. The van der Waals surface area contributed by atoms with Crippen molar-refractivity contribution in [1.29, 1.82) is 0 Å². The summed E-state index contributed by atoms with van der Waals surface area (Å²) in [5.41, 5.74) is 3.68. The van der Waals surface area contributed by atoms with Crippen molar-refractivity contribution in [2.45, 2.75) is 83.1 Å². The Morgan fingerprint density at radius 2 is 1.86 bits per heavy atom. The van der Waals surface area contributed by atoms with Crippen molar-refractivity contribution in [1.82, 2.24) is 9.62 Å². The SMILES string of the molecule is C[C@@H]1[C@@H](C)S(=O)(=O)NC(=O)c2ccc3c(c2)N(Cc2ccc(Cl)c(F)c2CCCCO3)C[C@@H]2CC[C@H]2[C@@H](OCC2CCN(C)CC2)C2=C[C@H]1C2. The van der Waals surface area contributed by atoms with Crippen LogP contribution in [-0.2, 0) is 27.7 Å². The molecule has 0 aromatic heterocycles. The predicted octanol–water partition coefficient (Wildman–Crippen LogP) is 7.00. The summed E-state index contributed by atoms with van der Waals surface area (Å²) in [7, 11) is -1.79. The number of carbonyl (C=O) groups is 1. The summed E-state index contributed by atoms with van der Waals surface area (Å²) < 4.78 is 58.4. The summed E-state index contributed by atoms with van der Waals surface area (Å²) in [5, 5.41) is -0.654. The molecule has 1 N–H and O–H groups in total. The van der Waals surface area contributed by atoms with Gasteiger partial charge in [-0.2, -0.15) is 0 Å². The van der Waals surface area contributed by atoms with Gasteiger partial charge in [-0.1, -0.05) is 30.7 Å². The van der Waals surface area contributed by atoms with E-state index < -0.39 is 21.2 Å². The summed E-state index contributed by atoms with van der Waals surface area (Å²) in [6, 6.07) is 8.68. The van der Waals surface area contributed by atoms with Crippen LogP contribution in [0, 0.1) is 35.4 Å². The Balaban J connectivity index is 1.28. The second kappa shape index (κ2) is 14.8. The highest BCUT2D eigenvalue weighted by Gasteiger charge is 2.45. The summed E-state index contributed by atoms with van der Waals surface area (Å²) in [6.07, 6.45) is 9.38. The number of halogens is 2. The van der Waals surface area contributed by atoms with Gasteiger partial charge in [-0.15, -0.1) is 0 Å². The molecule has 8 nitrogen and oxygen atoms in total. The molecule has 6 atom stereocenters. The van der Waals surface area contributed by atoms with Gasteiger partial charge in [0.05, 0.1) is 35.3 Å². The maximum absolute atomic E-state index is 15.6. The third-order valence-electron chi connectivity index (χ3n) is 12.4. The minimum Gasteiger partial charge on any atom is -0.491 e. The van der Waals surface area contributed by atoms with Gasteiger partial charge in [-0.3, -0.25) is 4.79 Å². The molecule has 50 heavy (non-hydrogen) atoms. The zero-order valence-corrected chi connectivity index (χ0v) is 31.1. The number of sulfonamides is 1. The van der Waals surface area contributed by atoms with E-state index in [2.05, 4.69) is 27.6 Å². The van der Waals surface area contributed by atoms with Crippen LogP contribution in [0.5, 0.6) is 5.75 Å². The van der Waals surface area contributed by atoms with Crippen molar-refractivity contribution in [2.75, 3.05) is 44.8 Å². The van der Waals surface area contributed by atoms with Crippen LogP contribution in [0.15, 0.2) is 42.0 Å².